The van der Waals surface area contributed by atoms with Gasteiger partial charge in [0.25, 0.3) is 0 Å². The van der Waals surface area contributed by atoms with E-state index < -0.39 is 0 Å². The number of fused-ring (bicyclic) bond motifs is 1. The molecular formula is C13H13NO. The van der Waals surface area contributed by atoms with Crippen molar-refractivity contribution in [3.63, 3.8) is 0 Å². The van der Waals surface area contributed by atoms with Crippen LogP contribution >= 0.6 is 0 Å². The van der Waals surface area contributed by atoms with E-state index in [4.69, 9.17) is 10.00 Å². The molecule has 76 valence electrons. The molecule has 0 N–H and O–H groups in total. The van der Waals surface area contributed by atoms with E-state index in [1.807, 2.05) is 12.1 Å². The Morgan fingerprint density at radius 1 is 1.47 bits per heavy atom. The summed E-state index contributed by atoms with van der Waals surface area (Å²) in [5.41, 5.74) is 2.44. The van der Waals surface area contributed by atoms with Gasteiger partial charge in [-0.3, -0.25) is 0 Å². The summed E-state index contributed by atoms with van der Waals surface area (Å²) in [4.78, 5) is 0. The van der Waals surface area contributed by atoms with Crippen LogP contribution in [0.25, 0.3) is 6.08 Å². The van der Waals surface area contributed by atoms with Gasteiger partial charge in [-0.25, -0.2) is 0 Å². The van der Waals surface area contributed by atoms with Gasteiger partial charge in [0.15, 0.2) is 6.10 Å². The average molecular weight is 199 g/mol. The molecule has 0 radical (unpaired) electrons. The molecule has 1 aromatic rings. The maximum Gasteiger partial charge on any atom is 0.181 e. The highest BCUT2D eigenvalue weighted by Gasteiger charge is 2.12. The van der Waals surface area contributed by atoms with Crippen molar-refractivity contribution < 1.29 is 4.74 Å². The Balaban J connectivity index is 2.33. The number of nitriles is 1. The predicted molar refractivity (Wildman–Crippen MR) is 59.5 cm³/mol. The van der Waals surface area contributed by atoms with Crippen molar-refractivity contribution in [2.24, 2.45) is 0 Å². The van der Waals surface area contributed by atoms with Crippen LogP contribution in [0.5, 0.6) is 5.75 Å². The largest absolute Gasteiger partial charge is 0.476 e. The zero-order chi connectivity index (χ0) is 10.7. The van der Waals surface area contributed by atoms with Gasteiger partial charge in [0, 0.05) is 5.56 Å². The fraction of sp³-hybridized carbons (Fsp3) is 0.308. The molecule has 1 aliphatic rings. The van der Waals surface area contributed by atoms with Gasteiger partial charge in [0.1, 0.15) is 11.8 Å². The Hall–Kier alpha value is -1.75. The minimum absolute atomic E-state index is 0.387. The number of ether oxygens (including phenoxy) is 1. The van der Waals surface area contributed by atoms with Crippen LogP contribution in [0.2, 0.25) is 0 Å². The first-order chi connectivity index (χ1) is 7.31. The van der Waals surface area contributed by atoms with E-state index in [0.717, 1.165) is 18.6 Å². The lowest BCUT2D eigenvalue weighted by atomic mass is 9.96. The maximum absolute atomic E-state index is 8.71. The van der Waals surface area contributed by atoms with Gasteiger partial charge in [0.2, 0.25) is 0 Å². The van der Waals surface area contributed by atoms with E-state index in [-0.39, 0.29) is 6.10 Å². The van der Waals surface area contributed by atoms with Crippen LogP contribution in [0.4, 0.5) is 0 Å². The third-order valence-corrected chi connectivity index (χ3v) is 2.51. The zero-order valence-electron chi connectivity index (χ0n) is 8.73. The Kier molecular flexibility index (Phi) is 2.73. The minimum atomic E-state index is -0.387. The van der Waals surface area contributed by atoms with Crippen LogP contribution in [0.3, 0.4) is 0 Å². The second kappa shape index (κ2) is 4.18. The summed E-state index contributed by atoms with van der Waals surface area (Å²) in [7, 11) is 0. The van der Waals surface area contributed by atoms with Crippen molar-refractivity contribution in [3.05, 3.63) is 35.4 Å². The summed E-state index contributed by atoms with van der Waals surface area (Å²) in [6, 6.07) is 8.06. The molecular weight excluding hydrogens is 186 g/mol. The van der Waals surface area contributed by atoms with Crippen LogP contribution in [0.15, 0.2) is 24.3 Å². The van der Waals surface area contributed by atoms with Crippen molar-refractivity contribution in [3.8, 4) is 11.8 Å². The summed E-state index contributed by atoms with van der Waals surface area (Å²) in [6.07, 6.45) is 5.94. The molecule has 2 nitrogen and oxygen atoms in total. The van der Waals surface area contributed by atoms with Gasteiger partial charge >= 0.3 is 0 Å². The lowest BCUT2D eigenvalue weighted by Crippen LogP contribution is -2.10. The summed E-state index contributed by atoms with van der Waals surface area (Å²) in [5, 5.41) is 8.71. The third-order valence-electron chi connectivity index (χ3n) is 2.51. The predicted octanol–water partition coefficient (Wildman–Crippen LogP) is 2.94. The van der Waals surface area contributed by atoms with Crippen LogP contribution in [-0.2, 0) is 6.42 Å². The fourth-order valence-corrected chi connectivity index (χ4v) is 1.77. The molecule has 0 fully saturated rings. The highest BCUT2D eigenvalue weighted by atomic mass is 16.5. The molecule has 0 aliphatic heterocycles. The Bertz CT molecular complexity index is 429. The van der Waals surface area contributed by atoms with Crippen LogP contribution in [0.1, 0.15) is 24.5 Å². The number of nitrogens with zero attached hydrogens (tertiary/aromatic N) is 1. The lowest BCUT2D eigenvalue weighted by Gasteiger charge is -2.16. The quantitative estimate of drug-likeness (QED) is 0.733. The van der Waals surface area contributed by atoms with Crippen molar-refractivity contribution in [1.82, 2.24) is 0 Å². The molecule has 0 saturated heterocycles. The molecule has 0 saturated carbocycles. The number of allylic oxidation sites excluding steroid dienone is 1. The molecule has 0 heterocycles. The first kappa shape index (κ1) is 9.79. The van der Waals surface area contributed by atoms with E-state index in [2.05, 4.69) is 24.3 Å². The van der Waals surface area contributed by atoms with E-state index in [1.54, 1.807) is 6.92 Å². The first-order valence-electron chi connectivity index (χ1n) is 5.16. The SMILES string of the molecule is CC(C#N)Oc1cccc2c1CCC=C2. The smallest absolute Gasteiger partial charge is 0.181 e. The molecule has 1 atom stereocenters. The molecule has 1 aromatic carbocycles. The average Bonchev–Trinajstić information content (AvgIpc) is 2.29. The molecule has 2 rings (SSSR count). The molecule has 0 bridgehead atoms. The van der Waals surface area contributed by atoms with Crippen LogP contribution < -0.4 is 4.74 Å². The maximum atomic E-state index is 8.71. The van der Waals surface area contributed by atoms with E-state index in [9.17, 15) is 0 Å². The van der Waals surface area contributed by atoms with Gasteiger partial charge < -0.3 is 4.74 Å². The second-order valence-electron chi connectivity index (χ2n) is 3.65. The molecule has 0 aromatic heterocycles. The van der Waals surface area contributed by atoms with E-state index >= 15 is 0 Å². The topological polar surface area (TPSA) is 33.0 Å². The van der Waals surface area contributed by atoms with Gasteiger partial charge in [-0.15, -0.1) is 0 Å². The third kappa shape index (κ3) is 2.02. The molecule has 1 unspecified atom stereocenters. The number of hydrogen-bond acceptors (Lipinski definition) is 2. The summed E-state index contributed by atoms with van der Waals surface area (Å²) in [6.45, 7) is 1.76. The first-order valence-corrected chi connectivity index (χ1v) is 5.16. The highest BCUT2D eigenvalue weighted by molar-refractivity contribution is 5.60. The Labute approximate surface area is 89.8 Å². The van der Waals surface area contributed by atoms with Crippen molar-refractivity contribution in [2.75, 3.05) is 0 Å². The lowest BCUT2D eigenvalue weighted by molar-refractivity contribution is 0.273. The van der Waals surface area contributed by atoms with Gasteiger partial charge in [0.05, 0.1) is 0 Å². The molecule has 2 heteroatoms. The van der Waals surface area contributed by atoms with Crippen molar-refractivity contribution >= 4 is 6.08 Å². The van der Waals surface area contributed by atoms with E-state index in [0.29, 0.717) is 0 Å². The second-order valence-corrected chi connectivity index (χ2v) is 3.65. The molecule has 15 heavy (non-hydrogen) atoms. The zero-order valence-corrected chi connectivity index (χ0v) is 8.73. The van der Waals surface area contributed by atoms with Crippen molar-refractivity contribution in [2.45, 2.75) is 25.9 Å². The summed E-state index contributed by atoms with van der Waals surface area (Å²) in [5.74, 6) is 0.853. The Morgan fingerprint density at radius 3 is 3.13 bits per heavy atom. The Morgan fingerprint density at radius 2 is 2.33 bits per heavy atom. The highest BCUT2D eigenvalue weighted by Crippen LogP contribution is 2.28. The monoisotopic (exact) mass is 199 g/mol. The van der Waals surface area contributed by atoms with Crippen LogP contribution in [-0.4, -0.2) is 6.10 Å². The number of hydrogen-bond donors (Lipinski definition) is 0. The van der Waals surface area contributed by atoms with Gasteiger partial charge in [-0.05, 0) is 31.4 Å². The minimum Gasteiger partial charge on any atom is -0.476 e. The van der Waals surface area contributed by atoms with Gasteiger partial charge in [-0.2, -0.15) is 5.26 Å². The normalized spacial score (nSPS) is 15.2. The molecule has 0 amide bonds. The summed E-state index contributed by atoms with van der Waals surface area (Å²) < 4.78 is 5.57. The van der Waals surface area contributed by atoms with E-state index in [1.165, 1.54) is 11.1 Å². The standard InChI is InChI=1S/C13H13NO/c1-10(9-14)15-13-8-4-6-11-5-2-3-7-12(11)13/h2,4-6,8,10H,3,7H2,1H3. The fourth-order valence-electron chi connectivity index (χ4n) is 1.77. The van der Waals surface area contributed by atoms with Crippen LogP contribution in [0, 0.1) is 11.3 Å². The number of benzene rings is 1. The van der Waals surface area contributed by atoms with Crippen molar-refractivity contribution in [1.29, 1.82) is 5.26 Å². The molecule has 1 aliphatic carbocycles. The number of rotatable bonds is 2. The van der Waals surface area contributed by atoms with Gasteiger partial charge in [-0.1, -0.05) is 24.3 Å². The summed E-state index contributed by atoms with van der Waals surface area (Å²) >= 11 is 0. The molecule has 0 spiro atoms.